The van der Waals surface area contributed by atoms with Crippen LogP contribution in [0.3, 0.4) is 0 Å². The second-order valence-electron chi connectivity index (χ2n) is 13.0. The van der Waals surface area contributed by atoms with E-state index in [-0.39, 0.29) is 73.5 Å². The number of carbonyl (C=O) groups excluding carboxylic acids is 3. The lowest BCUT2D eigenvalue weighted by Crippen LogP contribution is -2.81. The number of likely N-dealkylation sites (N-methyl/N-ethyl adjacent to an activating group) is 1. The van der Waals surface area contributed by atoms with Gasteiger partial charge in [-0.25, -0.2) is 9.78 Å². The van der Waals surface area contributed by atoms with Crippen LogP contribution < -0.4 is 20.3 Å². The quantitative estimate of drug-likeness (QED) is 0.120. The number of nitrogens with two attached hydrogens (primary N) is 1. The van der Waals surface area contributed by atoms with Gasteiger partial charge in [-0.2, -0.15) is 0 Å². The highest BCUT2D eigenvalue weighted by Gasteiger charge is 2.37. The first kappa shape index (κ1) is 36.8. The van der Waals surface area contributed by atoms with Crippen molar-refractivity contribution in [3.63, 3.8) is 0 Å². The van der Waals surface area contributed by atoms with E-state index in [0.29, 0.717) is 42.5 Å². The van der Waals surface area contributed by atoms with Crippen molar-refractivity contribution in [1.82, 2.24) is 19.8 Å². The van der Waals surface area contributed by atoms with E-state index in [2.05, 4.69) is 10.3 Å². The van der Waals surface area contributed by atoms with Gasteiger partial charge < -0.3 is 39.8 Å². The Hall–Kier alpha value is -4.95. The number of amides is 3. The van der Waals surface area contributed by atoms with Gasteiger partial charge in [-0.3, -0.25) is 14.5 Å². The van der Waals surface area contributed by atoms with Crippen LogP contribution in [0.15, 0.2) is 60.8 Å². The molecule has 5 N–H and O–H groups in total. The molecule has 0 saturated carbocycles. The van der Waals surface area contributed by atoms with Crippen LogP contribution in [-0.4, -0.2) is 108 Å². The van der Waals surface area contributed by atoms with Crippen LogP contribution >= 0.6 is 11.6 Å². The molecule has 14 heteroatoms. The van der Waals surface area contributed by atoms with E-state index in [9.17, 15) is 19.5 Å². The van der Waals surface area contributed by atoms with Gasteiger partial charge in [0.2, 0.25) is 0 Å². The summed E-state index contributed by atoms with van der Waals surface area (Å²) in [4.78, 5) is 48.8. The molecule has 0 bridgehead atoms. The molecule has 3 heterocycles. The molecular weight excluding hydrogens is 688 g/mol. The predicted octanol–water partition coefficient (Wildman–Crippen LogP) is 3.42. The van der Waals surface area contributed by atoms with Gasteiger partial charge in [-0.15, -0.1) is 11.6 Å². The van der Waals surface area contributed by atoms with Crippen LogP contribution in [0, 0.1) is 6.92 Å². The third kappa shape index (κ3) is 7.49. The number of phenolic OH excluding ortho intramolecular Hbond substituents is 1. The number of halogens is 1. The molecule has 2 aliphatic heterocycles. The fraction of sp³-hybridized carbons (Fsp3) is 0.368. The first-order valence-corrected chi connectivity index (χ1v) is 17.9. The largest absolute Gasteiger partial charge is 0.508 e. The maximum Gasteiger partial charge on any atom is 0.415 e. The van der Waals surface area contributed by atoms with Gasteiger partial charge in [0.25, 0.3) is 11.8 Å². The number of carbonyl (C=O) groups is 3. The number of hydrogen-bond donors (Lipinski definition) is 4. The van der Waals surface area contributed by atoms with Crippen LogP contribution in [-0.2, 0) is 4.74 Å². The lowest BCUT2D eigenvalue weighted by Gasteiger charge is -2.27. The van der Waals surface area contributed by atoms with Gasteiger partial charge in [0.1, 0.15) is 23.0 Å². The van der Waals surface area contributed by atoms with E-state index in [0.717, 1.165) is 21.9 Å². The van der Waals surface area contributed by atoms with Crippen molar-refractivity contribution in [3.8, 4) is 11.5 Å². The van der Waals surface area contributed by atoms with Crippen molar-refractivity contribution >= 4 is 52.0 Å². The maximum absolute atomic E-state index is 14.4. The molecule has 13 nitrogen and oxygen atoms in total. The van der Waals surface area contributed by atoms with E-state index in [1.165, 1.54) is 12.1 Å². The number of aliphatic hydroxyl groups excluding tert-OH is 1. The summed E-state index contributed by atoms with van der Waals surface area (Å²) >= 11 is 6.56. The number of imidazole rings is 1. The Kier molecular flexibility index (Phi) is 11.4. The third-order valence-corrected chi connectivity index (χ3v) is 9.96. The molecule has 0 spiro atoms. The molecule has 52 heavy (non-hydrogen) atoms. The number of quaternary nitrogens is 1. The number of fused-ring (bicyclic) bond motifs is 4. The second kappa shape index (κ2) is 16.2. The summed E-state index contributed by atoms with van der Waals surface area (Å²) in [5.74, 6) is 0.461. The Balaban J connectivity index is 1.29. The highest BCUT2D eigenvalue weighted by Crippen LogP contribution is 2.47. The number of nitrogens with zero attached hydrogens (tertiary/aromatic N) is 4. The molecule has 4 aromatic rings. The second-order valence-corrected chi connectivity index (χ2v) is 13.3. The summed E-state index contributed by atoms with van der Waals surface area (Å²) in [6.45, 7) is 5.93. The molecule has 0 fully saturated rings. The van der Waals surface area contributed by atoms with E-state index < -0.39 is 6.09 Å². The number of hydrogen-bond acceptors (Lipinski definition) is 8. The van der Waals surface area contributed by atoms with Crippen LogP contribution in [0.1, 0.15) is 56.7 Å². The van der Waals surface area contributed by atoms with Crippen molar-refractivity contribution in [2.24, 2.45) is 0 Å². The molecule has 0 saturated heterocycles. The number of alkyl halides is 1. The number of rotatable bonds is 13. The number of phenols is 1. The van der Waals surface area contributed by atoms with Crippen LogP contribution in [0.4, 0.5) is 10.5 Å². The number of anilines is 1. The van der Waals surface area contributed by atoms with Crippen molar-refractivity contribution in [1.29, 1.82) is 0 Å². The van der Waals surface area contributed by atoms with Crippen molar-refractivity contribution < 1.29 is 39.4 Å². The molecule has 6 rings (SSSR count). The Bertz CT molecular complexity index is 1980. The summed E-state index contributed by atoms with van der Waals surface area (Å²) in [7, 11) is 1.92. The molecule has 274 valence electrons. The van der Waals surface area contributed by atoms with E-state index in [1.54, 1.807) is 40.3 Å². The predicted molar refractivity (Wildman–Crippen MR) is 197 cm³/mol. The number of aromatic nitrogens is 2. The van der Waals surface area contributed by atoms with Crippen LogP contribution in [0.2, 0.25) is 0 Å². The first-order valence-electron chi connectivity index (χ1n) is 17.4. The molecule has 3 atom stereocenters. The zero-order chi connectivity index (χ0) is 36.9. The fourth-order valence-corrected chi connectivity index (χ4v) is 7.06. The highest BCUT2D eigenvalue weighted by molar-refractivity contribution is 6.19. The van der Waals surface area contributed by atoms with Crippen molar-refractivity contribution in [3.05, 3.63) is 89.0 Å². The van der Waals surface area contributed by atoms with Gasteiger partial charge in [-0.05, 0) is 60.7 Å². The molecular formula is C38H44ClN6O7+. The normalized spacial score (nSPS) is 17.6. The number of benzene rings is 3. The number of aromatic hydroxyl groups is 1. The molecule has 3 unspecified atom stereocenters. The van der Waals surface area contributed by atoms with Crippen molar-refractivity contribution in [2.45, 2.75) is 31.8 Å². The van der Waals surface area contributed by atoms with Gasteiger partial charge in [0.15, 0.2) is 0 Å². The minimum absolute atomic E-state index is 0.0750. The minimum atomic E-state index is -0.545. The number of aliphatic hydroxyl groups is 1. The SMILES string of the molecule is C[NH2+]CCN(CCOCCO)C(=O)Oc1cc2c(c3c(C)cccc13)C(CCl)CN2C(=O)c1cn2c(n1)C=CC(NC(=O)c1ccc(O)cc1)C2C. The van der Waals surface area contributed by atoms with Crippen LogP contribution in [0.5, 0.6) is 11.5 Å². The Morgan fingerprint density at radius 3 is 2.65 bits per heavy atom. The zero-order valence-electron chi connectivity index (χ0n) is 29.4. The summed E-state index contributed by atoms with van der Waals surface area (Å²) in [6, 6.07) is 13.0. The van der Waals surface area contributed by atoms with E-state index >= 15 is 0 Å². The van der Waals surface area contributed by atoms with Crippen LogP contribution in [0.25, 0.3) is 16.8 Å². The maximum atomic E-state index is 14.4. The van der Waals surface area contributed by atoms with Gasteiger partial charge >= 0.3 is 6.09 Å². The Labute approximate surface area is 306 Å². The Morgan fingerprint density at radius 1 is 1.13 bits per heavy atom. The van der Waals surface area contributed by atoms with Gasteiger partial charge in [0, 0.05) is 48.1 Å². The lowest BCUT2D eigenvalue weighted by molar-refractivity contribution is -0.626. The third-order valence-electron chi connectivity index (χ3n) is 9.59. The smallest absolute Gasteiger partial charge is 0.415 e. The fourth-order valence-electron chi connectivity index (χ4n) is 6.81. The van der Waals surface area contributed by atoms with E-state index in [1.807, 2.05) is 55.1 Å². The van der Waals surface area contributed by atoms with E-state index in [4.69, 9.17) is 26.2 Å². The molecule has 0 aliphatic carbocycles. The monoisotopic (exact) mass is 731 g/mol. The average molecular weight is 732 g/mol. The summed E-state index contributed by atoms with van der Waals surface area (Å²) in [5.41, 5.74) is 3.13. The first-order chi connectivity index (χ1) is 25.1. The summed E-state index contributed by atoms with van der Waals surface area (Å²) in [6.07, 6.45) is 4.79. The highest BCUT2D eigenvalue weighted by atomic mass is 35.5. The average Bonchev–Trinajstić information content (AvgIpc) is 3.75. The summed E-state index contributed by atoms with van der Waals surface area (Å²) in [5, 5.41) is 25.3. The summed E-state index contributed by atoms with van der Waals surface area (Å²) < 4.78 is 13.4. The van der Waals surface area contributed by atoms with Crippen molar-refractivity contribution in [2.75, 3.05) is 63.8 Å². The van der Waals surface area contributed by atoms with Gasteiger partial charge in [0.05, 0.1) is 57.7 Å². The topological polar surface area (TPSA) is 163 Å². The minimum Gasteiger partial charge on any atom is -0.508 e. The number of aryl methyl sites for hydroxylation is 1. The molecule has 0 radical (unpaired) electrons. The molecule has 3 amide bonds. The molecule has 3 aromatic carbocycles. The zero-order valence-corrected chi connectivity index (χ0v) is 30.2. The Morgan fingerprint density at radius 2 is 1.92 bits per heavy atom. The standard InChI is InChI=1S/C38H43ClN6O7/c1-23-5-4-6-28-32(52-38(50)43(14-13-40-3)15-17-51-18-16-46)19-31-35(34(23)28)26(20-39)21-45(31)37(49)30-22-44-24(2)29(11-12-33(44)41-30)42-36(48)25-7-9-27(47)10-8-25/h4-12,19,22,24,26,29,40,46-47H,13-18,20-21H2,1-3H3,(H,42,48)/p+1. The number of nitrogens with one attached hydrogen (secondary N) is 1. The lowest BCUT2D eigenvalue weighted by atomic mass is 9.92. The molecule has 2 aliphatic rings. The van der Waals surface area contributed by atoms with Gasteiger partial charge in [-0.1, -0.05) is 24.3 Å². The molecule has 1 aromatic heterocycles. The number of ether oxygens (including phenoxy) is 2.